The van der Waals surface area contributed by atoms with E-state index in [9.17, 15) is 4.79 Å². The molecule has 3 rings (SSSR count). The lowest BCUT2D eigenvalue weighted by atomic mass is 9.69. The average molecular weight is 348 g/mol. The highest BCUT2D eigenvalue weighted by Crippen LogP contribution is 2.41. The highest BCUT2D eigenvalue weighted by atomic mass is 16.5. The van der Waals surface area contributed by atoms with Gasteiger partial charge in [-0.15, -0.1) is 0 Å². The molecule has 26 heavy (non-hydrogen) atoms. The summed E-state index contributed by atoms with van der Waals surface area (Å²) in [5.41, 5.74) is 8.32. The number of esters is 1. The van der Waals surface area contributed by atoms with Crippen LogP contribution >= 0.6 is 0 Å². The summed E-state index contributed by atoms with van der Waals surface area (Å²) in [4.78, 5) is 11.1. The minimum atomic E-state index is -0.293. The number of aryl methyl sites for hydroxylation is 2. The van der Waals surface area contributed by atoms with Gasteiger partial charge in [0.2, 0.25) is 0 Å². The van der Waals surface area contributed by atoms with E-state index in [1.807, 2.05) is 24.3 Å². The Balaban J connectivity index is 2.00. The van der Waals surface area contributed by atoms with Crippen molar-refractivity contribution in [1.82, 2.24) is 0 Å². The zero-order valence-corrected chi connectivity index (χ0v) is 16.5. The predicted molar refractivity (Wildman–Crippen MR) is 108 cm³/mol. The van der Waals surface area contributed by atoms with Crippen molar-refractivity contribution in [1.29, 1.82) is 0 Å². The van der Waals surface area contributed by atoms with Gasteiger partial charge in [0, 0.05) is 6.92 Å². The van der Waals surface area contributed by atoms with E-state index in [1.165, 1.54) is 54.0 Å². The minimum absolute atomic E-state index is 0.213. The molecule has 0 unspecified atom stereocenters. The SMILES string of the molecule is CC(=O)Oc1ccc(C=C(C)c2cc(C)cc3c2C(C)(C)CCC3)cc1. The van der Waals surface area contributed by atoms with E-state index >= 15 is 0 Å². The Morgan fingerprint density at radius 1 is 1.12 bits per heavy atom. The molecular weight excluding hydrogens is 320 g/mol. The van der Waals surface area contributed by atoms with Crippen molar-refractivity contribution in [2.45, 2.75) is 59.3 Å². The molecule has 0 spiro atoms. The number of hydrogen-bond acceptors (Lipinski definition) is 2. The first kappa shape index (κ1) is 18.4. The molecule has 0 heterocycles. The van der Waals surface area contributed by atoms with Gasteiger partial charge in [-0.2, -0.15) is 0 Å². The number of carbonyl (C=O) groups excluding carboxylic acids is 1. The van der Waals surface area contributed by atoms with Crippen LogP contribution in [-0.2, 0) is 16.6 Å². The van der Waals surface area contributed by atoms with Gasteiger partial charge >= 0.3 is 5.97 Å². The molecule has 0 N–H and O–H groups in total. The number of benzene rings is 2. The second-order valence-corrected chi connectivity index (χ2v) is 8.07. The van der Waals surface area contributed by atoms with Gasteiger partial charge in [-0.3, -0.25) is 4.79 Å². The molecule has 0 saturated carbocycles. The molecule has 2 nitrogen and oxygen atoms in total. The monoisotopic (exact) mass is 348 g/mol. The number of rotatable bonds is 3. The van der Waals surface area contributed by atoms with Crippen LogP contribution in [0.2, 0.25) is 0 Å². The van der Waals surface area contributed by atoms with Crippen molar-refractivity contribution >= 4 is 17.6 Å². The molecule has 0 fully saturated rings. The number of carbonyl (C=O) groups is 1. The van der Waals surface area contributed by atoms with Crippen molar-refractivity contribution in [2.24, 2.45) is 0 Å². The fraction of sp³-hybridized carbons (Fsp3) is 0.375. The molecule has 1 aliphatic rings. The van der Waals surface area contributed by atoms with Crippen LogP contribution in [-0.4, -0.2) is 5.97 Å². The van der Waals surface area contributed by atoms with Crippen LogP contribution in [0, 0.1) is 6.92 Å². The molecule has 0 aromatic heterocycles. The topological polar surface area (TPSA) is 26.3 Å². The number of ether oxygens (including phenoxy) is 1. The first-order valence-corrected chi connectivity index (χ1v) is 9.37. The van der Waals surface area contributed by atoms with E-state index in [1.54, 1.807) is 0 Å². The highest BCUT2D eigenvalue weighted by Gasteiger charge is 2.30. The molecule has 2 aromatic rings. The lowest BCUT2D eigenvalue weighted by molar-refractivity contribution is -0.131. The largest absolute Gasteiger partial charge is 0.427 e. The van der Waals surface area contributed by atoms with Crippen molar-refractivity contribution in [3.8, 4) is 5.75 Å². The summed E-state index contributed by atoms with van der Waals surface area (Å²) in [6, 6.07) is 12.4. The van der Waals surface area contributed by atoms with Gasteiger partial charge in [0.15, 0.2) is 0 Å². The molecule has 0 saturated heterocycles. The first-order valence-electron chi connectivity index (χ1n) is 9.37. The maximum Gasteiger partial charge on any atom is 0.308 e. The number of hydrogen-bond donors (Lipinski definition) is 0. The molecule has 0 aliphatic heterocycles. The smallest absolute Gasteiger partial charge is 0.308 e. The third-order valence-electron chi connectivity index (χ3n) is 5.24. The fourth-order valence-electron chi connectivity index (χ4n) is 4.14. The molecule has 1 aliphatic carbocycles. The van der Waals surface area contributed by atoms with Gasteiger partial charge in [-0.05, 0) is 78.5 Å². The zero-order valence-electron chi connectivity index (χ0n) is 16.5. The standard InChI is InChI=1S/C24H28O2/c1-16-13-20-7-6-12-24(4,5)23(20)22(14-16)17(2)15-19-8-10-21(11-9-19)26-18(3)25/h8-11,13-15H,6-7,12H2,1-5H3. The van der Waals surface area contributed by atoms with Gasteiger partial charge < -0.3 is 4.74 Å². The van der Waals surface area contributed by atoms with Gasteiger partial charge in [-0.25, -0.2) is 0 Å². The molecule has 2 heteroatoms. The number of fused-ring (bicyclic) bond motifs is 1. The zero-order chi connectivity index (χ0) is 18.9. The van der Waals surface area contributed by atoms with Crippen molar-refractivity contribution in [2.75, 3.05) is 0 Å². The molecular formula is C24H28O2. The van der Waals surface area contributed by atoms with E-state index in [0.717, 1.165) is 5.56 Å². The van der Waals surface area contributed by atoms with Crippen LogP contribution < -0.4 is 4.74 Å². The Morgan fingerprint density at radius 2 is 1.81 bits per heavy atom. The summed E-state index contributed by atoms with van der Waals surface area (Å²) >= 11 is 0. The van der Waals surface area contributed by atoms with Crippen LogP contribution in [0.5, 0.6) is 5.75 Å². The van der Waals surface area contributed by atoms with E-state index in [-0.39, 0.29) is 11.4 Å². The van der Waals surface area contributed by atoms with Gasteiger partial charge in [0.25, 0.3) is 0 Å². The maximum absolute atomic E-state index is 11.1. The molecule has 0 bridgehead atoms. The summed E-state index contributed by atoms with van der Waals surface area (Å²) in [5.74, 6) is 0.291. The Kier molecular flexibility index (Phi) is 5.04. The van der Waals surface area contributed by atoms with E-state index in [0.29, 0.717) is 5.75 Å². The molecule has 2 aromatic carbocycles. The quantitative estimate of drug-likeness (QED) is 0.381. The maximum atomic E-state index is 11.1. The second kappa shape index (κ2) is 7.11. The summed E-state index contributed by atoms with van der Waals surface area (Å²) in [7, 11) is 0. The van der Waals surface area contributed by atoms with Gasteiger partial charge in [-0.1, -0.05) is 49.8 Å². The molecule has 136 valence electrons. The molecule has 0 atom stereocenters. The van der Waals surface area contributed by atoms with Gasteiger partial charge in [0.1, 0.15) is 5.75 Å². The summed E-state index contributed by atoms with van der Waals surface area (Å²) < 4.78 is 5.12. The fourth-order valence-corrected chi connectivity index (χ4v) is 4.14. The Labute approximate surface area is 156 Å². The summed E-state index contributed by atoms with van der Waals surface area (Å²) in [6.07, 6.45) is 5.90. The average Bonchev–Trinajstić information content (AvgIpc) is 2.54. The molecule has 0 amide bonds. The Bertz CT molecular complexity index is 855. The Hall–Kier alpha value is -2.35. The lowest BCUT2D eigenvalue weighted by Crippen LogP contribution is -2.25. The Morgan fingerprint density at radius 3 is 2.46 bits per heavy atom. The number of allylic oxidation sites excluding steroid dienone is 1. The van der Waals surface area contributed by atoms with Crippen LogP contribution in [0.25, 0.3) is 11.6 Å². The first-order chi connectivity index (χ1) is 12.3. The minimum Gasteiger partial charge on any atom is -0.427 e. The van der Waals surface area contributed by atoms with Gasteiger partial charge in [0.05, 0.1) is 0 Å². The van der Waals surface area contributed by atoms with Crippen LogP contribution in [0.4, 0.5) is 0 Å². The third kappa shape index (κ3) is 3.90. The highest BCUT2D eigenvalue weighted by molar-refractivity contribution is 5.83. The predicted octanol–water partition coefficient (Wildman–Crippen LogP) is 6.09. The summed E-state index contributed by atoms with van der Waals surface area (Å²) in [5, 5.41) is 0. The van der Waals surface area contributed by atoms with Crippen LogP contribution in [0.15, 0.2) is 36.4 Å². The van der Waals surface area contributed by atoms with E-state index in [2.05, 4.69) is 45.9 Å². The van der Waals surface area contributed by atoms with Crippen molar-refractivity contribution < 1.29 is 9.53 Å². The third-order valence-corrected chi connectivity index (χ3v) is 5.24. The lowest BCUT2D eigenvalue weighted by Gasteiger charge is -2.35. The van der Waals surface area contributed by atoms with Crippen LogP contribution in [0.3, 0.4) is 0 Å². The van der Waals surface area contributed by atoms with Crippen molar-refractivity contribution in [3.63, 3.8) is 0 Å². The normalized spacial score (nSPS) is 16.1. The second-order valence-electron chi connectivity index (χ2n) is 8.07. The molecule has 0 radical (unpaired) electrons. The summed E-state index contributed by atoms with van der Waals surface area (Å²) in [6.45, 7) is 10.5. The van der Waals surface area contributed by atoms with E-state index in [4.69, 9.17) is 4.74 Å². The van der Waals surface area contributed by atoms with Crippen LogP contribution in [0.1, 0.15) is 68.4 Å². The van der Waals surface area contributed by atoms with E-state index < -0.39 is 0 Å². The van der Waals surface area contributed by atoms with Crippen molar-refractivity contribution in [3.05, 3.63) is 64.2 Å².